The summed E-state index contributed by atoms with van der Waals surface area (Å²) in [5, 5.41) is 5.10. The Bertz CT molecular complexity index is 949. The summed E-state index contributed by atoms with van der Waals surface area (Å²) < 4.78 is 31.8. The van der Waals surface area contributed by atoms with Gasteiger partial charge in [-0.3, -0.25) is 4.79 Å². The summed E-state index contributed by atoms with van der Waals surface area (Å²) in [6, 6.07) is 4.01. The molecular weight excluding hydrogens is 406 g/mol. The number of benzene rings is 1. The van der Waals surface area contributed by atoms with Crippen molar-refractivity contribution in [3.63, 3.8) is 0 Å². The first-order chi connectivity index (χ1) is 14.3. The van der Waals surface area contributed by atoms with E-state index >= 15 is 0 Å². The summed E-state index contributed by atoms with van der Waals surface area (Å²) in [4.78, 5) is 27.4. The highest BCUT2D eigenvalue weighted by Gasteiger charge is 2.42. The first-order valence-electron chi connectivity index (χ1n) is 10.5. The van der Waals surface area contributed by atoms with Gasteiger partial charge in [-0.1, -0.05) is 25.8 Å². The van der Waals surface area contributed by atoms with Crippen molar-refractivity contribution in [2.24, 2.45) is 5.10 Å². The van der Waals surface area contributed by atoms with E-state index < -0.39 is 32.8 Å². The molecule has 2 aliphatic heterocycles. The fraction of sp³-hybridized carbons (Fsp3) is 0.571. The van der Waals surface area contributed by atoms with E-state index in [0.717, 1.165) is 31.2 Å². The molecule has 9 heteroatoms. The van der Waals surface area contributed by atoms with Crippen LogP contribution in [0.25, 0.3) is 0 Å². The summed E-state index contributed by atoms with van der Waals surface area (Å²) in [6.45, 7) is 6.54. The van der Waals surface area contributed by atoms with Crippen LogP contribution in [0.5, 0.6) is 0 Å². The topological polar surface area (TPSA) is 96.3 Å². The molecule has 0 aromatic heterocycles. The average molecular weight is 436 g/mol. The Morgan fingerprint density at radius 2 is 1.80 bits per heavy atom. The van der Waals surface area contributed by atoms with Gasteiger partial charge in [0.25, 0.3) is 5.91 Å². The molecule has 3 rings (SSSR count). The minimum absolute atomic E-state index is 0.0102. The number of anilines is 1. The van der Waals surface area contributed by atoms with Gasteiger partial charge in [-0.2, -0.15) is 5.10 Å². The molecule has 0 N–H and O–H groups in total. The van der Waals surface area contributed by atoms with E-state index in [1.165, 1.54) is 11.1 Å². The zero-order chi connectivity index (χ0) is 21.9. The van der Waals surface area contributed by atoms with Crippen molar-refractivity contribution in [2.75, 3.05) is 24.7 Å². The Balaban J connectivity index is 2.11. The summed E-state index contributed by atoms with van der Waals surface area (Å²) in [5.41, 5.74) is 1.12. The van der Waals surface area contributed by atoms with E-state index in [-0.39, 0.29) is 11.5 Å². The van der Waals surface area contributed by atoms with E-state index in [1.807, 2.05) is 6.92 Å². The number of hydrogen-bond donors (Lipinski definition) is 0. The molecule has 1 aromatic rings. The maximum atomic E-state index is 13.3. The minimum atomic E-state index is -4.11. The summed E-state index contributed by atoms with van der Waals surface area (Å²) >= 11 is 0. The fourth-order valence-corrected chi connectivity index (χ4v) is 5.26. The number of carbonyl (C=O) groups excluding carboxylic acids is 2. The SMILES string of the molecule is CCOC(=O)[C@@H](CC)N1N=C(C(=O)N2CCCCCC2)S(=O)(=O)c2ccc(C)cc21. The van der Waals surface area contributed by atoms with Gasteiger partial charge in [0.05, 0.1) is 17.2 Å². The third-order valence-electron chi connectivity index (χ3n) is 5.42. The highest BCUT2D eigenvalue weighted by molar-refractivity contribution is 8.08. The molecule has 0 saturated carbocycles. The number of carbonyl (C=O) groups is 2. The van der Waals surface area contributed by atoms with E-state index in [4.69, 9.17) is 4.74 Å². The van der Waals surface area contributed by atoms with Gasteiger partial charge in [0.15, 0.2) is 0 Å². The van der Waals surface area contributed by atoms with Gasteiger partial charge in [0, 0.05) is 13.1 Å². The van der Waals surface area contributed by atoms with Crippen LogP contribution in [0.15, 0.2) is 28.2 Å². The van der Waals surface area contributed by atoms with Crippen LogP contribution in [-0.4, -0.2) is 56.0 Å². The van der Waals surface area contributed by atoms with Crippen LogP contribution in [-0.2, 0) is 24.2 Å². The number of likely N-dealkylation sites (tertiary alicyclic amines) is 1. The van der Waals surface area contributed by atoms with Crippen molar-refractivity contribution >= 4 is 32.4 Å². The molecule has 1 saturated heterocycles. The maximum Gasteiger partial charge on any atom is 0.330 e. The molecule has 0 radical (unpaired) electrons. The van der Waals surface area contributed by atoms with Gasteiger partial charge in [-0.15, -0.1) is 0 Å². The molecule has 0 bridgehead atoms. The van der Waals surface area contributed by atoms with Gasteiger partial charge in [-0.25, -0.2) is 18.2 Å². The smallest absolute Gasteiger partial charge is 0.330 e. The molecule has 30 heavy (non-hydrogen) atoms. The van der Waals surface area contributed by atoms with Gasteiger partial charge < -0.3 is 9.64 Å². The number of hydrogen-bond acceptors (Lipinski definition) is 7. The lowest BCUT2D eigenvalue weighted by Crippen LogP contribution is -2.47. The van der Waals surface area contributed by atoms with Gasteiger partial charge >= 0.3 is 5.97 Å². The Morgan fingerprint density at radius 3 is 2.40 bits per heavy atom. The number of rotatable bonds is 5. The van der Waals surface area contributed by atoms with Crippen molar-refractivity contribution in [1.29, 1.82) is 0 Å². The third kappa shape index (κ3) is 4.21. The van der Waals surface area contributed by atoms with Crippen LogP contribution in [0.3, 0.4) is 0 Å². The molecule has 2 heterocycles. The Morgan fingerprint density at radius 1 is 1.13 bits per heavy atom. The van der Waals surface area contributed by atoms with Gasteiger partial charge in [-0.05, 0) is 50.8 Å². The number of fused-ring (bicyclic) bond motifs is 1. The van der Waals surface area contributed by atoms with Crippen LogP contribution in [0, 0.1) is 6.92 Å². The van der Waals surface area contributed by atoms with E-state index in [9.17, 15) is 18.0 Å². The van der Waals surface area contributed by atoms with Crippen LogP contribution < -0.4 is 5.01 Å². The predicted molar refractivity (Wildman–Crippen MR) is 114 cm³/mol. The average Bonchev–Trinajstić information content (AvgIpc) is 2.99. The number of aryl methyl sites for hydroxylation is 1. The number of ether oxygens (including phenoxy) is 1. The molecule has 164 valence electrons. The molecule has 0 unspecified atom stereocenters. The summed E-state index contributed by atoms with van der Waals surface area (Å²) in [7, 11) is -4.11. The zero-order valence-electron chi connectivity index (χ0n) is 17.8. The van der Waals surface area contributed by atoms with E-state index in [2.05, 4.69) is 5.10 Å². The summed E-state index contributed by atoms with van der Waals surface area (Å²) in [5.74, 6) is -1.11. The second-order valence-corrected chi connectivity index (χ2v) is 9.44. The lowest BCUT2D eigenvalue weighted by molar-refractivity contribution is -0.144. The predicted octanol–water partition coefficient (Wildman–Crippen LogP) is 2.65. The van der Waals surface area contributed by atoms with Crippen LogP contribution in [0.2, 0.25) is 0 Å². The second kappa shape index (κ2) is 9.16. The quantitative estimate of drug-likeness (QED) is 0.660. The Hall–Kier alpha value is -2.42. The fourth-order valence-electron chi connectivity index (χ4n) is 3.83. The molecule has 1 amide bonds. The van der Waals surface area contributed by atoms with Crippen molar-refractivity contribution in [3.8, 4) is 0 Å². The highest BCUT2D eigenvalue weighted by atomic mass is 32.2. The van der Waals surface area contributed by atoms with Gasteiger partial charge in [0.1, 0.15) is 6.04 Å². The molecule has 1 aromatic carbocycles. The largest absolute Gasteiger partial charge is 0.464 e. The number of amides is 1. The normalized spacial score (nSPS) is 19.4. The maximum absolute atomic E-state index is 13.3. The molecular formula is C21H29N3O5S. The standard InChI is InChI=1S/C21H29N3O5S/c1-4-16(21(26)29-5-2)24-17-14-15(3)10-11-18(17)30(27,28)19(22-24)20(25)23-12-8-6-7-9-13-23/h10-11,14,16H,4-9,12-13H2,1-3H3/t16-/m1/s1. The highest BCUT2D eigenvalue weighted by Crippen LogP contribution is 2.35. The first kappa shape index (κ1) is 22.3. The molecule has 8 nitrogen and oxygen atoms in total. The molecule has 0 spiro atoms. The summed E-state index contributed by atoms with van der Waals surface area (Å²) in [6.07, 6.45) is 4.04. The Kier molecular flexibility index (Phi) is 6.80. The number of nitrogens with zero attached hydrogens (tertiary/aromatic N) is 3. The van der Waals surface area contributed by atoms with Crippen molar-refractivity contribution in [1.82, 2.24) is 4.90 Å². The lowest BCUT2D eigenvalue weighted by Gasteiger charge is -2.33. The minimum Gasteiger partial charge on any atom is -0.464 e. The second-order valence-electron chi connectivity index (χ2n) is 7.61. The van der Waals surface area contributed by atoms with Crippen LogP contribution in [0.1, 0.15) is 51.5 Å². The number of esters is 1. The molecule has 1 atom stereocenters. The third-order valence-corrected chi connectivity index (χ3v) is 7.11. The van der Waals surface area contributed by atoms with Crippen molar-refractivity contribution < 1.29 is 22.7 Å². The molecule has 2 aliphatic rings. The van der Waals surface area contributed by atoms with Crippen LogP contribution in [0.4, 0.5) is 5.69 Å². The molecule has 0 aliphatic carbocycles. The molecule has 1 fully saturated rings. The van der Waals surface area contributed by atoms with Crippen molar-refractivity contribution in [2.45, 2.75) is 63.8 Å². The van der Waals surface area contributed by atoms with E-state index in [1.54, 1.807) is 30.9 Å². The van der Waals surface area contributed by atoms with Gasteiger partial charge in [0.2, 0.25) is 14.9 Å². The van der Waals surface area contributed by atoms with Crippen LogP contribution >= 0.6 is 0 Å². The number of sulfone groups is 1. The number of hydrazone groups is 1. The van der Waals surface area contributed by atoms with Crippen molar-refractivity contribution in [3.05, 3.63) is 23.8 Å². The van der Waals surface area contributed by atoms with E-state index in [0.29, 0.717) is 25.2 Å². The Labute approximate surface area is 177 Å². The zero-order valence-corrected chi connectivity index (χ0v) is 18.6. The monoisotopic (exact) mass is 435 g/mol. The first-order valence-corrected chi connectivity index (χ1v) is 12.0. The lowest BCUT2D eigenvalue weighted by atomic mass is 10.1.